The summed E-state index contributed by atoms with van der Waals surface area (Å²) >= 11 is 0. The van der Waals surface area contributed by atoms with Crippen molar-refractivity contribution < 1.29 is 19.2 Å². The Kier molecular flexibility index (Phi) is 5.42. The zero-order chi connectivity index (χ0) is 18.1. The molecule has 24 heavy (non-hydrogen) atoms. The van der Waals surface area contributed by atoms with Crippen LogP contribution in [0.1, 0.15) is 50.5 Å². The Morgan fingerprint density at radius 3 is 2.29 bits per heavy atom. The van der Waals surface area contributed by atoms with Gasteiger partial charge in [0.15, 0.2) is 0 Å². The van der Waals surface area contributed by atoms with E-state index in [4.69, 9.17) is 14.4 Å². The lowest BCUT2D eigenvalue weighted by Gasteiger charge is -2.32. The lowest BCUT2D eigenvalue weighted by atomic mass is 9.77. The highest BCUT2D eigenvalue weighted by atomic mass is 16.7. The van der Waals surface area contributed by atoms with Gasteiger partial charge in [-0.2, -0.15) is 0 Å². The van der Waals surface area contributed by atoms with Crippen molar-refractivity contribution in [3.63, 3.8) is 0 Å². The largest absolute Gasteiger partial charge is 0.494 e. The Labute approximate surface area is 145 Å². The SMILES string of the molecule is CCN(CCO)C(=O)c1cc(B2OC(C)(C)C(C)(C)O2)ccc1C. The van der Waals surface area contributed by atoms with E-state index < -0.39 is 18.3 Å². The molecule has 1 aliphatic rings. The van der Waals surface area contributed by atoms with Crippen LogP contribution in [0.4, 0.5) is 0 Å². The first-order chi connectivity index (χ1) is 11.1. The van der Waals surface area contributed by atoms with Crippen LogP contribution < -0.4 is 5.46 Å². The van der Waals surface area contributed by atoms with Gasteiger partial charge in [-0.05, 0) is 58.6 Å². The minimum atomic E-state index is -0.491. The summed E-state index contributed by atoms with van der Waals surface area (Å²) in [7, 11) is -0.491. The first-order valence-corrected chi connectivity index (χ1v) is 8.49. The molecule has 0 atom stereocenters. The fourth-order valence-electron chi connectivity index (χ4n) is 2.69. The third-order valence-electron chi connectivity index (χ3n) is 5.06. The predicted octanol–water partition coefficient (Wildman–Crippen LogP) is 1.75. The molecular formula is C18H28BNO4. The van der Waals surface area contributed by atoms with E-state index >= 15 is 0 Å². The predicted molar refractivity (Wildman–Crippen MR) is 95.6 cm³/mol. The van der Waals surface area contributed by atoms with Crippen LogP contribution in [0.2, 0.25) is 0 Å². The molecule has 1 N–H and O–H groups in total. The van der Waals surface area contributed by atoms with Crippen molar-refractivity contribution in [1.82, 2.24) is 4.90 Å². The number of rotatable bonds is 5. The molecule has 0 aliphatic carbocycles. The highest BCUT2D eigenvalue weighted by Gasteiger charge is 2.51. The van der Waals surface area contributed by atoms with E-state index in [2.05, 4.69) is 0 Å². The van der Waals surface area contributed by atoms with Crippen LogP contribution in [-0.4, -0.2) is 53.9 Å². The summed E-state index contributed by atoms with van der Waals surface area (Å²) in [4.78, 5) is 14.4. The molecular weight excluding hydrogens is 305 g/mol. The van der Waals surface area contributed by atoms with Gasteiger partial charge in [-0.1, -0.05) is 12.1 Å². The Morgan fingerprint density at radius 1 is 1.21 bits per heavy atom. The zero-order valence-electron chi connectivity index (χ0n) is 15.5. The number of hydrogen-bond acceptors (Lipinski definition) is 4. The summed E-state index contributed by atoms with van der Waals surface area (Å²) in [5.74, 6) is -0.0811. The van der Waals surface area contributed by atoms with Gasteiger partial charge < -0.3 is 19.3 Å². The second-order valence-corrected chi connectivity index (χ2v) is 7.27. The number of hydrogen-bond donors (Lipinski definition) is 1. The normalized spacial score (nSPS) is 18.7. The number of carbonyl (C=O) groups is 1. The highest BCUT2D eigenvalue weighted by Crippen LogP contribution is 2.36. The molecule has 0 spiro atoms. The smallest absolute Gasteiger partial charge is 0.399 e. The minimum absolute atomic E-state index is 0.0461. The molecule has 0 radical (unpaired) electrons. The van der Waals surface area contributed by atoms with E-state index in [-0.39, 0.29) is 12.5 Å². The van der Waals surface area contributed by atoms with Gasteiger partial charge in [0.1, 0.15) is 0 Å². The third kappa shape index (κ3) is 3.51. The molecule has 2 rings (SSSR count). The fraction of sp³-hybridized carbons (Fsp3) is 0.611. The molecule has 1 aromatic rings. The molecule has 1 saturated heterocycles. The Bertz CT molecular complexity index is 599. The van der Waals surface area contributed by atoms with Crippen LogP contribution >= 0.6 is 0 Å². The second kappa shape index (κ2) is 6.86. The molecule has 1 aliphatic heterocycles. The lowest BCUT2D eigenvalue weighted by Crippen LogP contribution is -2.41. The second-order valence-electron chi connectivity index (χ2n) is 7.27. The molecule has 1 amide bonds. The van der Waals surface area contributed by atoms with Gasteiger partial charge in [-0.15, -0.1) is 0 Å². The highest BCUT2D eigenvalue weighted by molar-refractivity contribution is 6.62. The number of aryl methyl sites for hydroxylation is 1. The quantitative estimate of drug-likeness (QED) is 0.834. The van der Waals surface area contributed by atoms with Crippen molar-refractivity contribution in [2.45, 2.75) is 52.7 Å². The number of carbonyl (C=O) groups excluding carboxylic acids is 1. The topological polar surface area (TPSA) is 59.0 Å². The Hall–Kier alpha value is -1.37. The average molecular weight is 333 g/mol. The molecule has 0 bridgehead atoms. The van der Waals surface area contributed by atoms with E-state index in [0.717, 1.165) is 11.0 Å². The van der Waals surface area contributed by atoms with E-state index in [1.165, 1.54) is 0 Å². The van der Waals surface area contributed by atoms with Gasteiger partial charge in [-0.25, -0.2) is 0 Å². The van der Waals surface area contributed by atoms with E-state index in [1.54, 1.807) is 4.90 Å². The van der Waals surface area contributed by atoms with Crippen LogP contribution in [0.5, 0.6) is 0 Å². The zero-order valence-corrected chi connectivity index (χ0v) is 15.5. The molecule has 1 heterocycles. The van der Waals surface area contributed by atoms with Crippen molar-refractivity contribution in [3.05, 3.63) is 29.3 Å². The maximum atomic E-state index is 12.7. The fourth-order valence-corrected chi connectivity index (χ4v) is 2.69. The molecule has 1 fully saturated rings. The van der Waals surface area contributed by atoms with E-state index in [0.29, 0.717) is 18.7 Å². The summed E-state index contributed by atoms with van der Waals surface area (Å²) in [6.45, 7) is 12.7. The molecule has 1 aromatic carbocycles. The molecule has 0 unspecified atom stereocenters. The van der Waals surface area contributed by atoms with Gasteiger partial charge in [0.2, 0.25) is 0 Å². The summed E-state index contributed by atoms with van der Waals surface area (Å²) in [5.41, 5.74) is 1.52. The van der Waals surface area contributed by atoms with Gasteiger partial charge in [-0.3, -0.25) is 4.79 Å². The molecule has 0 saturated carbocycles. The van der Waals surface area contributed by atoms with Crippen LogP contribution in [0.15, 0.2) is 18.2 Å². The first kappa shape index (κ1) is 19.0. The number of benzene rings is 1. The van der Waals surface area contributed by atoms with Crippen molar-refractivity contribution in [3.8, 4) is 0 Å². The van der Waals surface area contributed by atoms with Crippen molar-refractivity contribution in [2.24, 2.45) is 0 Å². The molecule has 6 heteroatoms. The van der Waals surface area contributed by atoms with Crippen molar-refractivity contribution >= 4 is 18.5 Å². The number of nitrogens with zero attached hydrogens (tertiary/aromatic N) is 1. The van der Waals surface area contributed by atoms with Crippen LogP contribution in [-0.2, 0) is 9.31 Å². The Morgan fingerprint density at radius 2 is 1.79 bits per heavy atom. The van der Waals surface area contributed by atoms with Gasteiger partial charge >= 0.3 is 7.12 Å². The number of likely N-dealkylation sites (N-methyl/N-ethyl adjacent to an activating group) is 1. The van der Waals surface area contributed by atoms with E-state index in [1.807, 2.05) is 59.7 Å². The lowest BCUT2D eigenvalue weighted by molar-refractivity contribution is 0.00578. The summed E-state index contributed by atoms with van der Waals surface area (Å²) in [6, 6.07) is 5.71. The number of aliphatic hydroxyl groups excluding tert-OH is 1. The van der Waals surface area contributed by atoms with Crippen molar-refractivity contribution in [2.75, 3.05) is 19.7 Å². The van der Waals surface area contributed by atoms with Crippen LogP contribution in [0, 0.1) is 6.92 Å². The van der Waals surface area contributed by atoms with Crippen LogP contribution in [0.25, 0.3) is 0 Å². The average Bonchev–Trinajstić information content (AvgIpc) is 2.73. The maximum Gasteiger partial charge on any atom is 0.494 e. The first-order valence-electron chi connectivity index (χ1n) is 8.49. The van der Waals surface area contributed by atoms with Gasteiger partial charge in [0.25, 0.3) is 5.91 Å². The summed E-state index contributed by atoms with van der Waals surface area (Å²) in [5, 5.41) is 9.14. The Balaban J connectivity index is 2.31. The van der Waals surface area contributed by atoms with Crippen molar-refractivity contribution in [1.29, 1.82) is 0 Å². The summed E-state index contributed by atoms with van der Waals surface area (Å²) < 4.78 is 12.1. The molecule has 132 valence electrons. The standard InChI is InChI=1S/C18H28BNO4/c1-7-20(10-11-21)16(22)15-12-14(9-8-13(15)2)19-23-17(3,4)18(5,6)24-19/h8-9,12,21H,7,10-11H2,1-6H3. The minimum Gasteiger partial charge on any atom is -0.399 e. The van der Waals surface area contributed by atoms with Gasteiger partial charge in [0, 0.05) is 18.7 Å². The van der Waals surface area contributed by atoms with Gasteiger partial charge in [0.05, 0.1) is 17.8 Å². The molecule has 5 nitrogen and oxygen atoms in total. The molecule has 0 aromatic heterocycles. The number of aliphatic hydroxyl groups is 1. The number of amides is 1. The maximum absolute atomic E-state index is 12.7. The summed E-state index contributed by atoms with van der Waals surface area (Å²) in [6.07, 6.45) is 0. The monoisotopic (exact) mass is 333 g/mol. The van der Waals surface area contributed by atoms with E-state index in [9.17, 15) is 4.79 Å². The third-order valence-corrected chi connectivity index (χ3v) is 5.06. The van der Waals surface area contributed by atoms with Crippen LogP contribution in [0.3, 0.4) is 0 Å².